The van der Waals surface area contributed by atoms with Gasteiger partial charge in [-0.05, 0) is 62.0 Å². The van der Waals surface area contributed by atoms with E-state index in [1.165, 1.54) is 5.56 Å². The molecule has 3 aliphatic rings. The van der Waals surface area contributed by atoms with E-state index in [0.717, 1.165) is 37.7 Å². The quantitative estimate of drug-likeness (QED) is 0.669. The Morgan fingerprint density at radius 2 is 1.94 bits per heavy atom. The Balaban J connectivity index is 1.30. The van der Waals surface area contributed by atoms with Crippen molar-refractivity contribution in [3.63, 3.8) is 0 Å². The predicted octanol–water partition coefficient (Wildman–Crippen LogP) is 1.91. The molecule has 2 bridgehead atoms. The average Bonchev–Trinajstić information content (AvgIpc) is 3.43. The molecule has 1 aromatic carbocycles. The molecular formula is C23H32N4O3S. The van der Waals surface area contributed by atoms with Gasteiger partial charge >= 0.3 is 0 Å². The van der Waals surface area contributed by atoms with E-state index in [4.69, 9.17) is 0 Å². The van der Waals surface area contributed by atoms with Crippen molar-refractivity contribution in [1.29, 1.82) is 5.26 Å². The number of amides is 1. The van der Waals surface area contributed by atoms with Crippen molar-refractivity contribution in [3.8, 4) is 6.07 Å². The van der Waals surface area contributed by atoms with Crippen LogP contribution in [0.3, 0.4) is 0 Å². The van der Waals surface area contributed by atoms with Gasteiger partial charge in [0.1, 0.15) is 6.04 Å². The number of fused-ring (bicyclic) bond motifs is 2. The molecule has 2 heterocycles. The van der Waals surface area contributed by atoms with E-state index in [1.54, 1.807) is 11.2 Å². The molecule has 0 spiro atoms. The van der Waals surface area contributed by atoms with Crippen molar-refractivity contribution in [2.75, 3.05) is 18.8 Å². The Morgan fingerprint density at radius 1 is 1.23 bits per heavy atom. The Hall–Kier alpha value is -1.95. The molecule has 8 heteroatoms. The Morgan fingerprint density at radius 3 is 2.48 bits per heavy atom. The fraction of sp³-hybridized carbons (Fsp3) is 0.652. The van der Waals surface area contributed by atoms with Crippen LogP contribution in [0, 0.1) is 17.2 Å². The maximum atomic E-state index is 12.6. The second-order valence-electron chi connectivity index (χ2n) is 9.12. The van der Waals surface area contributed by atoms with E-state index >= 15 is 0 Å². The van der Waals surface area contributed by atoms with Gasteiger partial charge in [0.25, 0.3) is 0 Å². The normalized spacial score (nSPS) is 27.7. The fourth-order valence-corrected chi connectivity index (χ4v) is 6.48. The zero-order valence-electron chi connectivity index (χ0n) is 18.1. The Labute approximate surface area is 185 Å². The van der Waals surface area contributed by atoms with Gasteiger partial charge in [0.05, 0.1) is 17.9 Å². The molecule has 1 aromatic rings. The van der Waals surface area contributed by atoms with Gasteiger partial charge in [0.2, 0.25) is 15.9 Å². The van der Waals surface area contributed by atoms with Gasteiger partial charge in [-0.1, -0.05) is 24.3 Å². The molecule has 2 saturated heterocycles. The first-order chi connectivity index (χ1) is 14.9. The van der Waals surface area contributed by atoms with Gasteiger partial charge in [0.15, 0.2) is 0 Å². The van der Waals surface area contributed by atoms with E-state index in [-0.39, 0.29) is 17.7 Å². The van der Waals surface area contributed by atoms with Crippen molar-refractivity contribution in [1.82, 2.24) is 14.9 Å². The van der Waals surface area contributed by atoms with Crippen LogP contribution in [-0.4, -0.2) is 55.6 Å². The molecule has 1 saturated carbocycles. The second-order valence-corrected chi connectivity index (χ2v) is 11.4. The van der Waals surface area contributed by atoms with Gasteiger partial charge in [-0.25, -0.2) is 12.7 Å². The number of sulfonamides is 1. The molecule has 1 aliphatic carbocycles. The molecule has 3 fully saturated rings. The molecule has 31 heavy (non-hydrogen) atoms. The van der Waals surface area contributed by atoms with Crippen molar-refractivity contribution in [2.24, 2.45) is 5.92 Å². The van der Waals surface area contributed by atoms with Gasteiger partial charge in [-0.15, -0.1) is 0 Å². The van der Waals surface area contributed by atoms with Gasteiger partial charge in [-0.2, -0.15) is 5.26 Å². The number of carbonyl (C=O) groups is 1. The highest BCUT2D eigenvalue weighted by Crippen LogP contribution is 2.35. The molecule has 7 nitrogen and oxygen atoms in total. The molecule has 168 valence electrons. The molecule has 4 rings (SSSR count). The summed E-state index contributed by atoms with van der Waals surface area (Å²) in [5.74, 6) is 0.861. The van der Waals surface area contributed by atoms with E-state index in [1.807, 2.05) is 12.1 Å². The van der Waals surface area contributed by atoms with Crippen LogP contribution >= 0.6 is 0 Å². The minimum atomic E-state index is -3.11. The molecule has 0 aromatic heterocycles. The summed E-state index contributed by atoms with van der Waals surface area (Å²) in [6.45, 7) is 2.83. The van der Waals surface area contributed by atoms with Crippen molar-refractivity contribution in [2.45, 2.75) is 69.5 Å². The van der Waals surface area contributed by atoms with Gasteiger partial charge in [-0.3, -0.25) is 4.79 Å². The molecule has 0 radical (unpaired) electrons. The number of carbonyl (C=O) groups excluding carboxylic acids is 1. The maximum Gasteiger partial charge on any atom is 0.238 e. The lowest BCUT2D eigenvalue weighted by Crippen LogP contribution is -2.50. The Kier molecular flexibility index (Phi) is 6.65. The highest BCUT2D eigenvalue weighted by atomic mass is 32.2. The summed E-state index contributed by atoms with van der Waals surface area (Å²) in [5.41, 5.74) is 2.23. The van der Waals surface area contributed by atoms with Crippen LogP contribution < -0.4 is 10.6 Å². The summed E-state index contributed by atoms with van der Waals surface area (Å²) in [5, 5.41) is 15.8. The van der Waals surface area contributed by atoms with Crippen LogP contribution in [0.2, 0.25) is 0 Å². The van der Waals surface area contributed by atoms with Crippen LogP contribution in [0.25, 0.3) is 0 Å². The number of piperidine rings is 2. The minimum absolute atomic E-state index is 0.0517. The average molecular weight is 445 g/mol. The predicted molar refractivity (Wildman–Crippen MR) is 119 cm³/mol. The summed E-state index contributed by atoms with van der Waals surface area (Å²) in [4.78, 5) is 12.6. The van der Waals surface area contributed by atoms with E-state index < -0.39 is 16.1 Å². The van der Waals surface area contributed by atoms with Crippen molar-refractivity contribution in [3.05, 3.63) is 35.4 Å². The molecule has 1 unspecified atom stereocenters. The van der Waals surface area contributed by atoms with Crippen LogP contribution in [0.1, 0.15) is 56.1 Å². The van der Waals surface area contributed by atoms with Crippen LogP contribution in [0.4, 0.5) is 0 Å². The fourth-order valence-electron chi connectivity index (χ4n) is 5.35. The monoisotopic (exact) mass is 444 g/mol. The third kappa shape index (κ3) is 4.94. The summed E-state index contributed by atoms with van der Waals surface area (Å²) in [6, 6.07) is 10.2. The third-order valence-electron chi connectivity index (χ3n) is 7.22. The number of hydrogen-bond donors (Lipinski definition) is 2. The first-order valence-corrected chi connectivity index (χ1v) is 13.0. The lowest BCUT2D eigenvalue weighted by molar-refractivity contribution is -0.124. The van der Waals surface area contributed by atoms with Crippen LogP contribution in [0.15, 0.2) is 24.3 Å². The number of rotatable bonds is 7. The van der Waals surface area contributed by atoms with E-state index in [0.29, 0.717) is 37.4 Å². The third-order valence-corrected chi connectivity index (χ3v) is 9.10. The molecule has 2 aliphatic heterocycles. The van der Waals surface area contributed by atoms with E-state index in [9.17, 15) is 18.5 Å². The molecule has 2 N–H and O–H groups in total. The number of nitrogens with one attached hydrogen (secondary N) is 2. The largest absolute Gasteiger partial charge is 0.339 e. The first kappa shape index (κ1) is 22.3. The molecular weight excluding hydrogens is 412 g/mol. The lowest BCUT2D eigenvalue weighted by atomic mass is 9.89. The van der Waals surface area contributed by atoms with Crippen molar-refractivity contribution < 1.29 is 13.2 Å². The SMILES string of the molecule is CCS(=O)(=O)N1CCC(c2ccc(C[C@@H](C#N)NC(=O)[C@H]3N[C@@H]4CCC3C4)cc2)CC1. The Bertz CT molecular complexity index is 933. The van der Waals surface area contributed by atoms with E-state index in [2.05, 4.69) is 28.8 Å². The summed E-state index contributed by atoms with van der Waals surface area (Å²) >= 11 is 0. The lowest BCUT2D eigenvalue weighted by Gasteiger charge is -2.31. The van der Waals surface area contributed by atoms with Crippen molar-refractivity contribution >= 4 is 15.9 Å². The van der Waals surface area contributed by atoms with Crippen LogP contribution in [0.5, 0.6) is 0 Å². The standard InChI is InChI=1S/C23H32N4O3S/c1-2-31(29,30)27-11-9-18(10-12-27)17-5-3-16(4-6-17)13-21(15-24)26-23(28)22-19-7-8-20(14-19)25-22/h3-6,18-22,25H,2,7-14H2,1H3,(H,26,28)/t19?,20-,21+,22+/m1/s1. The maximum absolute atomic E-state index is 12.6. The highest BCUT2D eigenvalue weighted by Gasteiger charge is 2.43. The summed E-state index contributed by atoms with van der Waals surface area (Å²) in [6.07, 6.45) is 5.45. The minimum Gasteiger partial charge on any atom is -0.339 e. The smallest absolute Gasteiger partial charge is 0.238 e. The second kappa shape index (κ2) is 9.27. The zero-order chi connectivity index (χ0) is 22.0. The highest BCUT2D eigenvalue weighted by molar-refractivity contribution is 7.89. The van der Waals surface area contributed by atoms with Gasteiger partial charge < -0.3 is 10.6 Å². The first-order valence-electron chi connectivity index (χ1n) is 11.4. The summed E-state index contributed by atoms with van der Waals surface area (Å²) < 4.78 is 25.7. The van der Waals surface area contributed by atoms with Crippen LogP contribution in [-0.2, 0) is 21.2 Å². The molecule has 4 atom stereocenters. The topological polar surface area (TPSA) is 102 Å². The number of nitrogens with zero attached hydrogens (tertiary/aromatic N) is 2. The van der Waals surface area contributed by atoms with Gasteiger partial charge in [0, 0.05) is 25.6 Å². The number of hydrogen-bond acceptors (Lipinski definition) is 5. The number of nitriles is 1. The number of benzene rings is 1. The zero-order valence-corrected chi connectivity index (χ0v) is 18.9. The summed E-state index contributed by atoms with van der Waals surface area (Å²) in [7, 11) is -3.11. The molecule has 1 amide bonds.